The fraction of sp³-hybridized carbons (Fsp3) is 0.400. The molecule has 0 aliphatic heterocycles. The van der Waals surface area contributed by atoms with Crippen LogP contribution in [0.25, 0.3) is 0 Å². The van der Waals surface area contributed by atoms with Gasteiger partial charge in [0.1, 0.15) is 0 Å². The molecule has 0 nitrogen and oxygen atoms in total. The molecule has 0 amide bonds. The van der Waals surface area contributed by atoms with Crippen LogP contribution in [0.4, 0.5) is 0 Å². The van der Waals surface area contributed by atoms with Gasteiger partial charge in [0.2, 0.25) is 0 Å². The fourth-order valence-electron chi connectivity index (χ4n) is 0. The van der Waals surface area contributed by atoms with Gasteiger partial charge in [0.15, 0.2) is 0 Å². The second-order valence-electron chi connectivity index (χ2n) is 2.41. The van der Waals surface area contributed by atoms with Gasteiger partial charge in [0, 0.05) is 0 Å². The molecular weight excluding hydrogens is 120 g/mol. The van der Waals surface area contributed by atoms with E-state index in [4.69, 9.17) is 0 Å². The molecule has 0 unspecified atom stereocenters. The Balaban J connectivity index is -0.0000000787. The number of rotatable bonds is 0. The van der Waals surface area contributed by atoms with E-state index in [1.807, 2.05) is 27.7 Å². The minimum Gasteiger partial charge on any atom is -0.106 e. The van der Waals surface area contributed by atoms with E-state index < -0.39 is 0 Å². The lowest BCUT2D eigenvalue weighted by Crippen LogP contribution is -1.43. The van der Waals surface area contributed by atoms with E-state index in [0.717, 1.165) is 0 Å². The molecule has 10 heavy (non-hydrogen) atoms. The number of hydrogen-bond acceptors (Lipinski definition) is 0. The van der Waals surface area contributed by atoms with Crippen LogP contribution in [-0.4, -0.2) is 0 Å². The topological polar surface area (TPSA) is 0 Å². The van der Waals surface area contributed by atoms with E-state index in [1.165, 1.54) is 11.1 Å². The quantitative estimate of drug-likeness (QED) is 0.447. The summed E-state index contributed by atoms with van der Waals surface area (Å²) in [5.74, 6) is 0. The Hall–Kier alpha value is -0.780. The van der Waals surface area contributed by atoms with Gasteiger partial charge in [-0.15, -0.1) is 26.3 Å². The van der Waals surface area contributed by atoms with Gasteiger partial charge >= 0.3 is 0 Å². The highest BCUT2D eigenvalue weighted by Gasteiger charge is 1.52. The molecule has 0 N–H and O–H groups in total. The van der Waals surface area contributed by atoms with Gasteiger partial charge in [-0.05, 0) is 27.7 Å². The third kappa shape index (κ3) is 459. The molecule has 60 valence electrons. The maximum absolute atomic E-state index is 3.56. The molecule has 0 aliphatic carbocycles. The van der Waals surface area contributed by atoms with Crippen molar-refractivity contribution < 1.29 is 0 Å². The SMILES string of the molecule is C=C.C=C(C)C.C=C(C)C. The first kappa shape index (κ1) is 16.1. The van der Waals surface area contributed by atoms with E-state index in [-0.39, 0.29) is 0 Å². The Morgan fingerprint density at radius 2 is 0.700 bits per heavy atom. The third-order valence-corrected chi connectivity index (χ3v) is 0. The molecular formula is C10H20. The zero-order valence-corrected chi connectivity index (χ0v) is 7.83. The summed E-state index contributed by atoms with van der Waals surface area (Å²) in [5, 5.41) is 0. The van der Waals surface area contributed by atoms with Gasteiger partial charge in [0.25, 0.3) is 0 Å². The molecule has 0 aliphatic rings. The van der Waals surface area contributed by atoms with Gasteiger partial charge in [-0.2, -0.15) is 0 Å². The highest BCUT2D eigenvalue weighted by Crippen LogP contribution is 1.74. The minimum absolute atomic E-state index is 1.17. The summed E-state index contributed by atoms with van der Waals surface area (Å²) in [6.45, 7) is 21.0. The van der Waals surface area contributed by atoms with Gasteiger partial charge in [-0.3, -0.25) is 0 Å². The summed E-state index contributed by atoms with van der Waals surface area (Å²) in [4.78, 5) is 0. The fourth-order valence-corrected chi connectivity index (χ4v) is 0. The summed E-state index contributed by atoms with van der Waals surface area (Å²) in [5.41, 5.74) is 2.33. The molecule has 0 radical (unpaired) electrons. The Labute approximate surface area is 66.0 Å². The molecule has 0 aromatic carbocycles. The summed E-state index contributed by atoms with van der Waals surface area (Å²) in [6, 6.07) is 0. The number of allylic oxidation sites excluding steroid dienone is 2. The molecule has 0 aromatic heterocycles. The molecule has 0 fully saturated rings. The molecule has 0 spiro atoms. The van der Waals surface area contributed by atoms with Crippen molar-refractivity contribution in [2.24, 2.45) is 0 Å². The predicted molar refractivity (Wildman–Crippen MR) is 52.2 cm³/mol. The summed E-state index contributed by atoms with van der Waals surface area (Å²) >= 11 is 0. The van der Waals surface area contributed by atoms with Gasteiger partial charge in [-0.1, -0.05) is 11.1 Å². The van der Waals surface area contributed by atoms with Crippen LogP contribution in [0.3, 0.4) is 0 Å². The molecule has 0 heterocycles. The van der Waals surface area contributed by atoms with Crippen LogP contribution in [0.2, 0.25) is 0 Å². The highest BCUT2D eigenvalue weighted by molar-refractivity contribution is 4.79. The van der Waals surface area contributed by atoms with Crippen molar-refractivity contribution in [2.75, 3.05) is 0 Å². The smallest absolute Gasteiger partial charge is 0.0445 e. The molecule has 0 aromatic rings. The third-order valence-electron chi connectivity index (χ3n) is 0. The zero-order valence-electron chi connectivity index (χ0n) is 7.83. The Bertz CT molecular complexity index is 68.2. The predicted octanol–water partition coefficient (Wildman–Crippen LogP) is 3.97. The monoisotopic (exact) mass is 140 g/mol. The van der Waals surface area contributed by atoms with Crippen LogP contribution in [0.5, 0.6) is 0 Å². The number of hydrogen-bond donors (Lipinski definition) is 0. The van der Waals surface area contributed by atoms with Gasteiger partial charge < -0.3 is 0 Å². The first-order valence-electron chi connectivity index (χ1n) is 3.21. The van der Waals surface area contributed by atoms with Crippen molar-refractivity contribution in [3.8, 4) is 0 Å². The van der Waals surface area contributed by atoms with E-state index in [0.29, 0.717) is 0 Å². The molecule has 0 bridgehead atoms. The summed E-state index contributed by atoms with van der Waals surface area (Å²) < 4.78 is 0. The van der Waals surface area contributed by atoms with Gasteiger partial charge in [0.05, 0.1) is 0 Å². The van der Waals surface area contributed by atoms with E-state index >= 15 is 0 Å². The van der Waals surface area contributed by atoms with Gasteiger partial charge in [-0.25, -0.2) is 0 Å². The molecule has 0 rings (SSSR count). The maximum atomic E-state index is 3.56. The molecule has 0 heteroatoms. The Kier molecular flexibility index (Phi) is 25.3. The van der Waals surface area contributed by atoms with Crippen LogP contribution < -0.4 is 0 Å². The largest absolute Gasteiger partial charge is 0.106 e. The van der Waals surface area contributed by atoms with E-state index in [1.54, 1.807) is 0 Å². The van der Waals surface area contributed by atoms with Crippen molar-refractivity contribution >= 4 is 0 Å². The van der Waals surface area contributed by atoms with E-state index in [9.17, 15) is 0 Å². The van der Waals surface area contributed by atoms with Crippen molar-refractivity contribution in [3.63, 3.8) is 0 Å². The van der Waals surface area contributed by atoms with Crippen LogP contribution >= 0.6 is 0 Å². The van der Waals surface area contributed by atoms with E-state index in [2.05, 4.69) is 26.3 Å². The Morgan fingerprint density at radius 3 is 0.700 bits per heavy atom. The average molecular weight is 140 g/mol. The highest BCUT2D eigenvalue weighted by atomic mass is 13.6. The Morgan fingerprint density at radius 1 is 0.700 bits per heavy atom. The molecule has 0 atom stereocenters. The lowest BCUT2D eigenvalue weighted by atomic mass is 10.4. The van der Waals surface area contributed by atoms with Crippen LogP contribution in [0.15, 0.2) is 37.5 Å². The normalized spacial score (nSPS) is 5.60. The molecule has 0 saturated heterocycles. The van der Waals surface area contributed by atoms with Crippen molar-refractivity contribution in [3.05, 3.63) is 37.5 Å². The average Bonchev–Trinajstić information content (AvgIpc) is 1.66. The first-order chi connectivity index (χ1) is 4.46. The summed E-state index contributed by atoms with van der Waals surface area (Å²) in [6.07, 6.45) is 0. The van der Waals surface area contributed by atoms with Crippen LogP contribution in [-0.2, 0) is 0 Å². The van der Waals surface area contributed by atoms with Crippen LogP contribution in [0.1, 0.15) is 27.7 Å². The summed E-state index contributed by atoms with van der Waals surface area (Å²) in [7, 11) is 0. The minimum atomic E-state index is 1.17. The lowest BCUT2D eigenvalue weighted by molar-refractivity contribution is 1.42. The van der Waals surface area contributed by atoms with Crippen LogP contribution in [0, 0.1) is 0 Å². The first-order valence-corrected chi connectivity index (χ1v) is 3.21. The maximum Gasteiger partial charge on any atom is -0.0445 e. The second kappa shape index (κ2) is 15.7. The lowest BCUT2D eigenvalue weighted by Gasteiger charge is -1.65. The zero-order chi connectivity index (χ0) is 9.15. The standard InChI is InChI=1S/2C4H8.C2H4/c2*1-4(2)3;1-2/h2*1H2,2-3H3;1-2H2. The van der Waals surface area contributed by atoms with Crippen molar-refractivity contribution in [2.45, 2.75) is 27.7 Å². The van der Waals surface area contributed by atoms with Crippen molar-refractivity contribution in [1.82, 2.24) is 0 Å². The molecule has 0 saturated carbocycles. The van der Waals surface area contributed by atoms with Crippen molar-refractivity contribution in [1.29, 1.82) is 0 Å². The second-order valence-corrected chi connectivity index (χ2v) is 2.41.